The molecule has 3 amide bonds. The Labute approximate surface area is 329 Å². The van der Waals surface area contributed by atoms with Crippen LogP contribution in [-0.4, -0.2) is 122 Å². The number of nitrogens with zero attached hydrogens (tertiary/aromatic N) is 6. The number of nitrogens with one attached hydrogen (secondary N) is 1. The molecule has 2 N–H and O–H groups in total. The van der Waals surface area contributed by atoms with Gasteiger partial charge in [0.15, 0.2) is 11.5 Å². The monoisotopic (exact) mass is 791 g/mol. The van der Waals surface area contributed by atoms with Gasteiger partial charge >= 0.3 is 0 Å². The molecule has 2 aromatic carbocycles. The van der Waals surface area contributed by atoms with Crippen LogP contribution in [0.5, 0.6) is 23.0 Å². The first-order valence-corrected chi connectivity index (χ1v) is 18.4. The van der Waals surface area contributed by atoms with E-state index in [0.717, 1.165) is 30.8 Å². The number of carbonyl (C=O) groups is 4. The third-order valence-electron chi connectivity index (χ3n) is 9.64. The van der Waals surface area contributed by atoms with Crippen molar-refractivity contribution in [3.63, 3.8) is 0 Å². The van der Waals surface area contributed by atoms with Crippen LogP contribution in [0.3, 0.4) is 0 Å². The molecule has 4 heterocycles. The van der Waals surface area contributed by atoms with Gasteiger partial charge in [-0.1, -0.05) is 11.6 Å². The number of pyridine rings is 1. The van der Waals surface area contributed by atoms with Crippen LogP contribution in [0.25, 0.3) is 10.9 Å². The van der Waals surface area contributed by atoms with Crippen molar-refractivity contribution in [1.82, 2.24) is 30.1 Å². The van der Waals surface area contributed by atoms with Gasteiger partial charge in [-0.15, -0.1) is 0 Å². The Hall–Kier alpha value is -5.90. The molecule has 2 aromatic heterocycles. The maximum absolute atomic E-state index is 14.5. The number of carbonyl (C=O) groups excluding carboxylic acids is 3. The number of piperidine rings is 1. The van der Waals surface area contributed by atoms with Gasteiger partial charge in [-0.25, -0.2) is 9.97 Å². The number of hydrogen-bond donors (Lipinski definition) is 2. The van der Waals surface area contributed by atoms with E-state index in [9.17, 15) is 14.4 Å². The largest absolute Gasteiger partial charge is 0.496 e. The standard InChI is InChI=1S/C38H44ClN7O7.CH2O2/c1-50-31-10-9-26(39)17-28(31)37(48)45-13-5-6-14-46(38(49)30-20-40-11-12-41-30)23-33(47)42-19-24-8-7-15-44(21-24)36-25(22-45)16-27-29(43-36)18-32(51-2)35(53-4)34(27)52-3;2-1-3/h9-12,16-18,20,24H,5-8,13-15,19,21-23H2,1-4H3,(H,42,47);1H,(H,2,3). The highest BCUT2D eigenvalue weighted by atomic mass is 35.5. The lowest BCUT2D eigenvalue weighted by molar-refractivity contribution is -0.123. The Bertz CT molecular complexity index is 2020. The van der Waals surface area contributed by atoms with Crippen LogP contribution >= 0.6 is 11.6 Å². The summed E-state index contributed by atoms with van der Waals surface area (Å²) in [4.78, 5) is 68.6. The zero-order valence-electron chi connectivity index (χ0n) is 31.8. The second-order valence-electron chi connectivity index (χ2n) is 13.1. The molecule has 0 saturated carbocycles. The molecule has 17 heteroatoms. The SMILES string of the molecule is COc1ccc(Cl)cc1C(=O)N1CCCCN(C(=O)c2cnccn2)CC(=O)NCC2CCCN(C2)c2nc3cc(OC)c(OC)c(OC)c3cc2C1.O=CO. The van der Waals surface area contributed by atoms with E-state index >= 15 is 0 Å². The summed E-state index contributed by atoms with van der Waals surface area (Å²) in [6.07, 6.45) is 7.12. The van der Waals surface area contributed by atoms with Crippen molar-refractivity contribution in [3.05, 3.63) is 70.8 Å². The lowest BCUT2D eigenvalue weighted by atomic mass is 9.97. The molecule has 2 bridgehead atoms. The molecule has 1 saturated heterocycles. The zero-order valence-corrected chi connectivity index (χ0v) is 32.6. The topological polar surface area (TPSA) is 186 Å². The molecular weight excluding hydrogens is 746 g/mol. The van der Waals surface area contributed by atoms with E-state index in [4.69, 9.17) is 45.4 Å². The summed E-state index contributed by atoms with van der Waals surface area (Å²) in [7, 11) is 6.20. The van der Waals surface area contributed by atoms with Gasteiger partial charge in [0.2, 0.25) is 11.7 Å². The second kappa shape index (κ2) is 19.6. The highest BCUT2D eigenvalue weighted by molar-refractivity contribution is 6.31. The number of carboxylic acid groups (broad SMARTS) is 1. The molecule has 2 aliphatic heterocycles. The number of benzene rings is 2. The number of anilines is 1. The quantitative estimate of drug-likeness (QED) is 0.263. The first-order valence-electron chi connectivity index (χ1n) is 18.1. The van der Waals surface area contributed by atoms with E-state index < -0.39 is 0 Å². The van der Waals surface area contributed by atoms with Gasteiger partial charge in [0.1, 0.15) is 17.3 Å². The third-order valence-corrected chi connectivity index (χ3v) is 9.87. The second-order valence-corrected chi connectivity index (χ2v) is 13.6. The summed E-state index contributed by atoms with van der Waals surface area (Å²) in [6.45, 7) is 2.19. The molecule has 0 spiro atoms. The first-order chi connectivity index (χ1) is 27.1. The van der Waals surface area contributed by atoms with Gasteiger partial charge in [-0.2, -0.15) is 0 Å². The minimum absolute atomic E-state index is 0.114. The van der Waals surface area contributed by atoms with Crippen LogP contribution in [0.2, 0.25) is 5.02 Å². The van der Waals surface area contributed by atoms with Crippen molar-refractivity contribution < 1.29 is 43.2 Å². The van der Waals surface area contributed by atoms with Crippen molar-refractivity contribution in [2.45, 2.75) is 32.2 Å². The highest BCUT2D eigenvalue weighted by Gasteiger charge is 2.29. The maximum Gasteiger partial charge on any atom is 0.290 e. The Morgan fingerprint density at radius 1 is 0.893 bits per heavy atom. The predicted octanol–water partition coefficient (Wildman–Crippen LogP) is 4.32. The summed E-state index contributed by atoms with van der Waals surface area (Å²) < 4.78 is 22.8. The Balaban J connectivity index is 0.00000194. The van der Waals surface area contributed by atoms with Crippen molar-refractivity contribution in [1.29, 1.82) is 0 Å². The Kier molecular flexibility index (Phi) is 14.5. The van der Waals surface area contributed by atoms with Crippen LogP contribution in [0.4, 0.5) is 5.82 Å². The zero-order chi connectivity index (χ0) is 40.2. The fraction of sp³-hybridized carbons (Fsp3) is 0.410. The van der Waals surface area contributed by atoms with Crippen molar-refractivity contribution in [2.75, 3.05) is 72.6 Å². The average Bonchev–Trinajstić information content (AvgIpc) is 3.22. The van der Waals surface area contributed by atoms with E-state index in [1.165, 1.54) is 30.6 Å². The van der Waals surface area contributed by atoms with E-state index in [0.29, 0.717) is 77.0 Å². The number of hydrogen-bond acceptors (Lipinski definition) is 12. The summed E-state index contributed by atoms with van der Waals surface area (Å²) >= 11 is 6.41. The lowest BCUT2D eigenvalue weighted by Gasteiger charge is -2.36. The molecule has 1 unspecified atom stereocenters. The van der Waals surface area contributed by atoms with Crippen LogP contribution in [-0.2, 0) is 16.1 Å². The number of aromatic nitrogens is 3. The number of halogens is 1. The van der Waals surface area contributed by atoms with E-state index in [-0.39, 0.29) is 55.4 Å². The molecule has 0 radical (unpaired) electrons. The molecule has 298 valence electrons. The minimum Gasteiger partial charge on any atom is -0.496 e. The normalized spacial score (nSPS) is 16.4. The van der Waals surface area contributed by atoms with E-state index in [1.54, 1.807) is 44.4 Å². The van der Waals surface area contributed by atoms with Crippen LogP contribution in [0, 0.1) is 5.92 Å². The van der Waals surface area contributed by atoms with E-state index in [2.05, 4.69) is 20.2 Å². The fourth-order valence-electron chi connectivity index (χ4n) is 7.03. The van der Waals surface area contributed by atoms with Gasteiger partial charge in [0, 0.05) is 73.7 Å². The van der Waals surface area contributed by atoms with E-state index in [1.807, 2.05) is 12.1 Å². The number of fused-ring (bicyclic) bond motifs is 5. The number of amides is 3. The van der Waals surface area contributed by atoms with Gasteiger partial charge in [0.25, 0.3) is 18.3 Å². The van der Waals surface area contributed by atoms with Crippen LogP contribution < -0.4 is 29.2 Å². The molecule has 16 nitrogen and oxygen atoms in total. The number of ether oxygens (including phenoxy) is 4. The van der Waals surface area contributed by atoms with Crippen molar-refractivity contribution in [2.24, 2.45) is 5.92 Å². The molecular formula is C39H46ClN7O9. The molecule has 1 fully saturated rings. The minimum atomic E-state index is -0.386. The molecule has 0 aliphatic carbocycles. The predicted molar refractivity (Wildman–Crippen MR) is 208 cm³/mol. The summed E-state index contributed by atoms with van der Waals surface area (Å²) in [5.41, 5.74) is 1.92. The van der Waals surface area contributed by atoms with Crippen LogP contribution in [0.15, 0.2) is 48.9 Å². The summed E-state index contributed by atoms with van der Waals surface area (Å²) in [5, 5.41) is 11.1. The average molecular weight is 792 g/mol. The van der Waals surface area contributed by atoms with Crippen LogP contribution in [0.1, 0.15) is 52.1 Å². The number of rotatable bonds is 6. The Morgan fingerprint density at radius 2 is 1.61 bits per heavy atom. The fourth-order valence-corrected chi connectivity index (χ4v) is 7.20. The van der Waals surface area contributed by atoms with Crippen molar-refractivity contribution >= 4 is 52.5 Å². The Morgan fingerprint density at radius 3 is 2.27 bits per heavy atom. The maximum atomic E-state index is 14.5. The van der Waals surface area contributed by atoms with Crippen molar-refractivity contribution in [3.8, 4) is 23.0 Å². The summed E-state index contributed by atoms with van der Waals surface area (Å²) in [6, 6.07) is 8.79. The van der Waals surface area contributed by atoms with Gasteiger partial charge in [-0.3, -0.25) is 24.2 Å². The number of methoxy groups -OCH3 is 4. The van der Waals surface area contributed by atoms with Gasteiger partial charge in [-0.05, 0) is 55.9 Å². The molecule has 2 aliphatic rings. The highest BCUT2D eigenvalue weighted by Crippen LogP contribution is 2.44. The molecule has 1 atom stereocenters. The third kappa shape index (κ3) is 9.66. The lowest BCUT2D eigenvalue weighted by Crippen LogP contribution is -2.46. The van der Waals surface area contributed by atoms with Gasteiger partial charge in [0.05, 0.1) is 52.3 Å². The molecule has 6 rings (SSSR count). The van der Waals surface area contributed by atoms with Gasteiger partial charge < -0.3 is 44.1 Å². The molecule has 4 aromatic rings. The first kappa shape index (κ1) is 41.3. The molecule has 56 heavy (non-hydrogen) atoms. The smallest absolute Gasteiger partial charge is 0.290 e. The summed E-state index contributed by atoms with van der Waals surface area (Å²) in [5.74, 6) is 1.70.